The van der Waals surface area contributed by atoms with Crippen LogP contribution in [0.3, 0.4) is 0 Å². The largest absolute Gasteiger partial charge is 0.459 e. The van der Waals surface area contributed by atoms with Crippen LogP contribution < -0.4 is 0 Å². The number of ether oxygens (including phenoxy) is 1. The van der Waals surface area contributed by atoms with Gasteiger partial charge in [0.2, 0.25) is 0 Å². The average molecular weight is 328 g/mol. The number of aliphatic hydroxyl groups excluding tert-OH is 5. The van der Waals surface area contributed by atoms with E-state index in [1.165, 1.54) is 0 Å². The van der Waals surface area contributed by atoms with Crippen molar-refractivity contribution < 1.29 is 35.1 Å². The molecule has 0 aliphatic heterocycles. The molecule has 0 radical (unpaired) electrons. The Morgan fingerprint density at radius 3 is 2.13 bits per heavy atom. The van der Waals surface area contributed by atoms with Gasteiger partial charge in [0, 0.05) is 0 Å². The molecular weight excluding hydrogens is 304 g/mol. The van der Waals surface area contributed by atoms with Gasteiger partial charge in [0.15, 0.2) is 0 Å². The Kier molecular flexibility index (Phi) is 8.15. The fourth-order valence-electron chi connectivity index (χ4n) is 2.00. The zero-order valence-corrected chi connectivity index (χ0v) is 13.0. The van der Waals surface area contributed by atoms with Gasteiger partial charge < -0.3 is 30.3 Å². The van der Waals surface area contributed by atoms with Crippen LogP contribution in [0, 0.1) is 0 Å². The molecule has 1 aromatic carbocycles. The van der Waals surface area contributed by atoms with Crippen molar-refractivity contribution >= 4 is 5.97 Å². The van der Waals surface area contributed by atoms with Crippen LogP contribution in [0.2, 0.25) is 0 Å². The first-order valence-corrected chi connectivity index (χ1v) is 7.49. The lowest BCUT2D eigenvalue weighted by molar-refractivity contribution is -0.124. The summed E-state index contributed by atoms with van der Waals surface area (Å²) in [5, 5.41) is 46.6. The van der Waals surface area contributed by atoms with Gasteiger partial charge in [0.1, 0.15) is 31.0 Å². The van der Waals surface area contributed by atoms with Crippen molar-refractivity contribution in [3.8, 4) is 0 Å². The topological polar surface area (TPSA) is 127 Å². The normalized spacial score (nSPS) is 16.4. The van der Waals surface area contributed by atoms with Gasteiger partial charge in [-0.1, -0.05) is 25.5 Å². The number of hydrogen-bond donors (Lipinski definition) is 5. The maximum Gasteiger partial charge on any atom is 0.338 e. The van der Waals surface area contributed by atoms with Gasteiger partial charge in [-0.3, -0.25) is 0 Å². The quantitative estimate of drug-likeness (QED) is 0.377. The summed E-state index contributed by atoms with van der Waals surface area (Å²) in [4.78, 5) is 11.8. The lowest BCUT2D eigenvalue weighted by Gasteiger charge is -2.25. The Balaban J connectivity index is 2.51. The highest BCUT2D eigenvalue weighted by atomic mass is 16.5. The van der Waals surface area contributed by atoms with Crippen LogP contribution in [0.15, 0.2) is 24.3 Å². The van der Waals surface area contributed by atoms with Crippen LogP contribution >= 0.6 is 0 Å². The van der Waals surface area contributed by atoms with Crippen molar-refractivity contribution in [3.05, 3.63) is 35.4 Å². The van der Waals surface area contributed by atoms with Crippen molar-refractivity contribution in [2.45, 2.75) is 44.2 Å². The molecule has 0 aromatic heterocycles. The van der Waals surface area contributed by atoms with Crippen LogP contribution in [0.4, 0.5) is 0 Å². The van der Waals surface area contributed by atoms with Crippen molar-refractivity contribution in [3.63, 3.8) is 0 Å². The third-order valence-corrected chi connectivity index (χ3v) is 3.44. The molecular formula is C16H24O7. The zero-order chi connectivity index (χ0) is 17.4. The minimum Gasteiger partial charge on any atom is -0.459 e. The van der Waals surface area contributed by atoms with E-state index in [9.17, 15) is 25.2 Å². The fraction of sp³-hybridized carbons (Fsp3) is 0.562. The van der Waals surface area contributed by atoms with E-state index in [4.69, 9.17) is 9.84 Å². The first-order chi connectivity index (χ1) is 10.9. The van der Waals surface area contributed by atoms with Gasteiger partial charge in [-0.25, -0.2) is 4.79 Å². The number of esters is 1. The molecule has 0 unspecified atom stereocenters. The highest BCUT2D eigenvalue weighted by molar-refractivity contribution is 5.89. The second-order valence-electron chi connectivity index (χ2n) is 5.34. The number of hydrogen-bond acceptors (Lipinski definition) is 7. The van der Waals surface area contributed by atoms with Gasteiger partial charge >= 0.3 is 5.97 Å². The summed E-state index contributed by atoms with van der Waals surface area (Å²) in [5.74, 6) is -0.670. The molecule has 1 aromatic rings. The minimum atomic E-state index is -1.75. The zero-order valence-electron chi connectivity index (χ0n) is 13.0. The molecule has 0 spiro atoms. The summed E-state index contributed by atoms with van der Waals surface area (Å²) in [5.41, 5.74) is 1.41. The number of carbonyl (C=O) groups is 1. The Bertz CT molecular complexity index is 474. The highest BCUT2D eigenvalue weighted by Crippen LogP contribution is 2.10. The van der Waals surface area contributed by atoms with E-state index in [2.05, 4.69) is 6.92 Å². The summed E-state index contributed by atoms with van der Waals surface area (Å²) < 4.78 is 4.87. The summed E-state index contributed by atoms with van der Waals surface area (Å²) in [6.07, 6.45) is -4.78. The second-order valence-corrected chi connectivity index (χ2v) is 5.34. The Morgan fingerprint density at radius 2 is 1.61 bits per heavy atom. The monoisotopic (exact) mass is 328 g/mol. The molecule has 0 amide bonds. The third kappa shape index (κ3) is 5.89. The molecule has 0 heterocycles. The van der Waals surface area contributed by atoms with E-state index >= 15 is 0 Å². The van der Waals surface area contributed by atoms with Gasteiger partial charge in [-0.2, -0.15) is 0 Å². The molecule has 1 rings (SSSR count). The van der Waals surface area contributed by atoms with E-state index in [1.54, 1.807) is 12.1 Å². The fourth-order valence-corrected chi connectivity index (χ4v) is 2.00. The number of rotatable bonds is 9. The van der Waals surface area contributed by atoms with Crippen molar-refractivity contribution in [2.75, 3.05) is 13.2 Å². The number of carbonyl (C=O) groups excluding carboxylic acids is 1. The van der Waals surface area contributed by atoms with Crippen LogP contribution in [-0.2, 0) is 11.2 Å². The molecule has 7 heteroatoms. The Morgan fingerprint density at radius 1 is 1.04 bits per heavy atom. The van der Waals surface area contributed by atoms with Crippen LogP contribution in [-0.4, -0.2) is 69.1 Å². The van der Waals surface area contributed by atoms with E-state index in [1.807, 2.05) is 12.1 Å². The number of aliphatic hydroxyl groups is 5. The van der Waals surface area contributed by atoms with Crippen LogP contribution in [0.25, 0.3) is 0 Å². The SMILES string of the molecule is CCCc1ccc(C(=O)OC[C@H](O)[C@@H](O)[C@H](O)[C@H](O)CO)cc1. The maximum atomic E-state index is 11.8. The molecule has 130 valence electrons. The summed E-state index contributed by atoms with van der Waals surface area (Å²) >= 11 is 0. The summed E-state index contributed by atoms with van der Waals surface area (Å²) in [6, 6.07) is 6.85. The molecule has 7 nitrogen and oxygen atoms in total. The smallest absolute Gasteiger partial charge is 0.338 e. The molecule has 0 aliphatic carbocycles. The standard InChI is InChI=1S/C16H24O7/c1-2-3-10-4-6-11(7-5-10)16(22)23-9-13(19)15(21)14(20)12(18)8-17/h4-7,12-15,17-21H,2-3,8-9H2,1H3/t12-,13+,14-,15-/m1/s1. The van der Waals surface area contributed by atoms with Crippen molar-refractivity contribution in [1.29, 1.82) is 0 Å². The molecule has 0 saturated heterocycles. The van der Waals surface area contributed by atoms with Gasteiger partial charge in [0.25, 0.3) is 0 Å². The van der Waals surface area contributed by atoms with Crippen molar-refractivity contribution in [1.82, 2.24) is 0 Å². The van der Waals surface area contributed by atoms with E-state index < -0.39 is 43.6 Å². The van der Waals surface area contributed by atoms with Gasteiger partial charge in [0.05, 0.1) is 12.2 Å². The highest BCUT2D eigenvalue weighted by Gasteiger charge is 2.30. The molecule has 0 saturated carbocycles. The molecule has 4 atom stereocenters. The van der Waals surface area contributed by atoms with E-state index in [-0.39, 0.29) is 0 Å². The Labute approximate surface area is 134 Å². The first-order valence-electron chi connectivity index (χ1n) is 7.49. The lowest BCUT2D eigenvalue weighted by Crippen LogP contribution is -2.47. The lowest BCUT2D eigenvalue weighted by atomic mass is 10.0. The van der Waals surface area contributed by atoms with E-state index in [0.717, 1.165) is 18.4 Å². The third-order valence-electron chi connectivity index (χ3n) is 3.44. The van der Waals surface area contributed by atoms with E-state index in [0.29, 0.717) is 5.56 Å². The maximum absolute atomic E-state index is 11.8. The van der Waals surface area contributed by atoms with Gasteiger partial charge in [-0.15, -0.1) is 0 Å². The molecule has 0 bridgehead atoms. The van der Waals surface area contributed by atoms with Crippen LogP contribution in [0.1, 0.15) is 29.3 Å². The predicted octanol–water partition coefficient (Wildman–Crippen LogP) is -0.768. The molecule has 0 fully saturated rings. The molecule has 23 heavy (non-hydrogen) atoms. The van der Waals surface area contributed by atoms with Crippen LogP contribution in [0.5, 0.6) is 0 Å². The average Bonchev–Trinajstić information content (AvgIpc) is 2.58. The summed E-state index contributed by atoms with van der Waals surface area (Å²) in [6.45, 7) is 0.734. The first kappa shape index (κ1) is 19.5. The predicted molar refractivity (Wildman–Crippen MR) is 81.8 cm³/mol. The number of aryl methyl sites for hydroxylation is 1. The Hall–Kier alpha value is -1.51. The van der Waals surface area contributed by atoms with Crippen molar-refractivity contribution in [2.24, 2.45) is 0 Å². The second kappa shape index (κ2) is 9.59. The summed E-state index contributed by atoms with van der Waals surface area (Å²) in [7, 11) is 0. The number of benzene rings is 1. The van der Waals surface area contributed by atoms with Gasteiger partial charge in [-0.05, 0) is 24.1 Å². The molecule has 5 N–H and O–H groups in total. The minimum absolute atomic E-state index is 0.308. The molecule has 0 aliphatic rings.